The van der Waals surface area contributed by atoms with Crippen LogP contribution in [0.25, 0.3) is 23.0 Å². The van der Waals surface area contributed by atoms with Gasteiger partial charge < -0.3 is 4.57 Å². The number of hydrogen-bond donors (Lipinski definition) is 0. The Labute approximate surface area is 191 Å². The number of nitrogens with zero attached hydrogens (tertiary/aromatic N) is 9. The van der Waals surface area contributed by atoms with E-state index in [-0.39, 0.29) is 18.6 Å². The van der Waals surface area contributed by atoms with Gasteiger partial charge >= 0.3 is 0 Å². The fourth-order valence-corrected chi connectivity index (χ4v) is 3.88. The molecule has 0 saturated carbocycles. The minimum Gasteiger partial charge on any atom is -0.333 e. The van der Waals surface area contributed by atoms with E-state index in [1.807, 2.05) is 17.8 Å². The summed E-state index contributed by atoms with van der Waals surface area (Å²) in [7, 11) is 1.87. The molecule has 0 radical (unpaired) electrons. The minimum absolute atomic E-state index is 0.0392. The molecule has 5 rings (SSSR count). The van der Waals surface area contributed by atoms with Crippen molar-refractivity contribution in [1.29, 1.82) is 0 Å². The molecule has 32 heavy (non-hydrogen) atoms. The van der Waals surface area contributed by atoms with E-state index in [0.29, 0.717) is 44.3 Å². The lowest BCUT2D eigenvalue weighted by atomic mass is 10.0. The Balaban J connectivity index is 1.44. The van der Waals surface area contributed by atoms with Gasteiger partial charge in [0.05, 0.1) is 17.4 Å². The van der Waals surface area contributed by atoms with Gasteiger partial charge in [-0.3, -0.25) is 4.79 Å². The van der Waals surface area contributed by atoms with Gasteiger partial charge in [0, 0.05) is 56.3 Å². The summed E-state index contributed by atoms with van der Waals surface area (Å²) in [5, 5.41) is 13.0. The van der Waals surface area contributed by atoms with Crippen molar-refractivity contribution in [1.82, 2.24) is 44.1 Å². The summed E-state index contributed by atoms with van der Waals surface area (Å²) < 4.78 is 3.46. The molecule has 5 heterocycles. The van der Waals surface area contributed by atoms with Gasteiger partial charge in [0.2, 0.25) is 0 Å². The SMILES string of the molecule is Cn1ccnc1-c1c(CC(=O)Cc2cnc(-n3nccn3)c(Cl)c2)cnc2cc(Cl)nn12. The van der Waals surface area contributed by atoms with Gasteiger partial charge in [-0.15, -0.1) is 4.80 Å². The molecular weight excluding hydrogens is 453 g/mol. The Bertz CT molecular complexity index is 1440. The van der Waals surface area contributed by atoms with E-state index in [1.54, 1.807) is 35.2 Å². The molecule has 0 aliphatic carbocycles. The summed E-state index contributed by atoms with van der Waals surface area (Å²) >= 11 is 12.4. The predicted octanol–water partition coefficient (Wildman–Crippen LogP) is 2.77. The molecule has 0 bridgehead atoms. The van der Waals surface area contributed by atoms with Crippen LogP contribution < -0.4 is 0 Å². The standard InChI is InChI=1S/C20H15Cl2N9O/c1-29-5-4-23-20(29)18-13(11-24-17-9-16(22)28-30(17)18)8-14(32)6-12-7-15(21)19(25-10-12)31-26-2-3-27-31/h2-5,7,9-11H,6,8H2,1H3. The summed E-state index contributed by atoms with van der Waals surface area (Å²) in [6.45, 7) is 0. The van der Waals surface area contributed by atoms with E-state index in [0.717, 1.165) is 0 Å². The Morgan fingerprint density at radius 3 is 2.53 bits per heavy atom. The van der Waals surface area contributed by atoms with Crippen molar-refractivity contribution in [3.8, 4) is 17.3 Å². The first-order chi connectivity index (χ1) is 15.5. The third-order valence-electron chi connectivity index (χ3n) is 4.84. The van der Waals surface area contributed by atoms with Crippen molar-refractivity contribution in [3.05, 3.63) is 70.6 Å². The maximum absolute atomic E-state index is 12.9. The zero-order valence-corrected chi connectivity index (χ0v) is 18.2. The Morgan fingerprint density at radius 1 is 1.00 bits per heavy atom. The van der Waals surface area contributed by atoms with Crippen molar-refractivity contribution >= 4 is 34.6 Å². The molecule has 10 nitrogen and oxygen atoms in total. The van der Waals surface area contributed by atoms with Crippen LogP contribution >= 0.6 is 23.2 Å². The second kappa shape index (κ2) is 8.13. The molecule has 0 unspecified atom stereocenters. The van der Waals surface area contributed by atoms with Crippen LogP contribution in [-0.4, -0.2) is 49.9 Å². The van der Waals surface area contributed by atoms with Crippen molar-refractivity contribution in [2.24, 2.45) is 7.05 Å². The molecule has 5 aromatic rings. The van der Waals surface area contributed by atoms with E-state index in [9.17, 15) is 4.79 Å². The first kappa shape index (κ1) is 20.3. The lowest BCUT2D eigenvalue weighted by Gasteiger charge is -2.11. The van der Waals surface area contributed by atoms with Gasteiger partial charge in [-0.05, 0) is 11.6 Å². The largest absolute Gasteiger partial charge is 0.333 e. The molecule has 12 heteroatoms. The second-order valence-corrected chi connectivity index (χ2v) is 7.89. The number of pyridine rings is 1. The predicted molar refractivity (Wildman–Crippen MR) is 117 cm³/mol. The zero-order chi connectivity index (χ0) is 22.2. The first-order valence-electron chi connectivity index (χ1n) is 9.53. The van der Waals surface area contributed by atoms with Gasteiger partial charge in [-0.25, -0.2) is 19.5 Å². The van der Waals surface area contributed by atoms with Gasteiger partial charge in [0.25, 0.3) is 0 Å². The van der Waals surface area contributed by atoms with Crippen LogP contribution in [-0.2, 0) is 24.7 Å². The quantitative estimate of drug-likeness (QED) is 0.377. The zero-order valence-electron chi connectivity index (χ0n) is 16.7. The van der Waals surface area contributed by atoms with Crippen molar-refractivity contribution in [2.75, 3.05) is 0 Å². The summed E-state index contributed by atoms with van der Waals surface area (Å²) in [5.41, 5.74) is 2.61. The molecule has 0 N–H and O–H groups in total. The number of rotatable bonds is 6. The highest BCUT2D eigenvalue weighted by Crippen LogP contribution is 2.25. The van der Waals surface area contributed by atoms with Crippen LogP contribution in [0.5, 0.6) is 0 Å². The number of carbonyl (C=O) groups excluding carboxylic acids is 1. The molecule has 5 aromatic heterocycles. The van der Waals surface area contributed by atoms with Crippen molar-refractivity contribution < 1.29 is 4.79 Å². The summed E-state index contributed by atoms with van der Waals surface area (Å²) in [5.74, 6) is 1.01. The maximum atomic E-state index is 12.9. The van der Waals surface area contributed by atoms with Crippen LogP contribution in [0, 0.1) is 0 Å². The third-order valence-corrected chi connectivity index (χ3v) is 5.30. The topological polar surface area (TPSA) is 109 Å². The van der Waals surface area contributed by atoms with Crippen LogP contribution in [0.4, 0.5) is 0 Å². The average molecular weight is 468 g/mol. The van der Waals surface area contributed by atoms with E-state index in [1.165, 1.54) is 17.2 Å². The molecular formula is C20H15Cl2N9O. The van der Waals surface area contributed by atoms with Crippen LogP contribution in [0.2, 0.25) is 10.2 Å². The minimum atomic E-state index is -0.0392. The Kier molecular flexibility index (Phi) is 5.16. The first-order valence-corrected chi connectivity index (χ1v) is 10.3. The normalized spacial score (nSPS) is 11.3. The number of hydrogen-bond acceptors (Lipinski definition) is 7. The molecule has 0 aliphatic heterocycles. The van der Waals surface area contributed by atoms with E-state index >= 15 is 0 Å². The molecule has 0 aromatic carbocycles. The highest BCUT2D eigenvalue weighted by Gasteiger charge is 2.19. The van der Waals surface area contributed by atoms with Crippen LogP contribution in [0.3, 0.4) is 0 Å². The van der Waals surface area contributed by atoms with E-state index < -0.39 is 0 Å². The smallest absolute Gasteiger partial charge is 0.193 e. The number of halogens is 2. The Morgan fingerprint density at radius 2 is 1.81 bits per heavy atom. The van der Waals surface area contributed by atoms with Gasteiger partial charge in [-0.1, -0.05) is 23.2 Å². The highest BCUT2D eigenvalue weighted by molar-refractivity contribution is 6.32. The molecule has 0 atom stereocenters. The molecule has 0 fully saturated rings. The van der Waals surface area contributed by atoms with Crippen LogP contribution in [0.1, 0.15) is 11.1 Å². The lowest BCUT2D eigenvalue weighted by Crippen LogP contribution is -2.12. The average Bonchev–Trinajstić information content (AvgIpc) is 3.49. The van der Waals surface area contributed by atoms with Gasteiger partial charge in [-0.2, -0.15) is 15.3 Å². The monoisotopic (exact) mass is 467 g/mol. The molecule has 0 spiro atoms. The molecule has 0 aliphatic rings. The number of imidazole rings is 1. The van der Waals surface area contributed by atoms with E-state index in [2.05, 4.69) is 30.2 Å². The number of aryl methyl sites for hydroxylation is 1. The van der Waals surface area contributed by atoms with E-state index in [4.69, 9.17) is 23.2 Å². The fraction of sp³-hybridized carbons (Fsp3) is 0.150. The number of fused-ring (bicyclic) bond motifs is 1. The summed E-state index contributed by atoms with van der Waals surface area (Å²) in [4.78, 5) is 27.4. The number of Topliss-reactive ketones (excluding diaryl/α,β-unsaturated/α-hetero) is 1. The molecule has 0 saturated heterocycles. The number of carbonyl (C=O) groups is 1. The summed E-state index contributed by atoms with van der Waals surface area (Å²) in [6.07, 6.45) is 10.1. The van der Waals surface area contributed by atoms with Gasteiger partial charge in [0.15, 0.2) is 22.4 Å². The second-order valence-electron chi connectivity index (χ2n) is 7.09. The molecule has 0 amide bonds. The van der Waals surface area contributed by atoms with Crippen molar-refractivity contribution in [3.63, 3.8) is 0 Å². The van der Waals surface area contributed by atoms with Gasteiger partial charge in [0.1, 0.15) is 11.5 Å². The van der Waals surface area contributed by atoms with Crippen molar-refractivity contribution in [2.45, 2.75) is 12.8 Å². The summed E-state index contributed by atoms with van der Waals surface area (Å²) in [6, 6.07) is 3.35. The number of aromatic nitrogens is 9. The number of ketones is 1. The van der Waals surface area contributed by atoms with Crippen LogP contribution in [0.15, 0.2) is 49.3 Å². The molecule has 160 valence electrons. The Hall–Kier alpha value is -3.63. The lowest BCUT2D eigenvalue weighted by molar-refractivity contribution is -0.117. The third kappa shape index (κ3) is 3.74. The highest BCUT2D eigenvalue weighted by atomic mass is 35.5. The fourth-order valence-electron chi connectivity index (χ4n) is 3.44. The maximum Gasteiger partial charge on any atom is 0.193 e.